The monoisotopic (exact) mass is 265 g/mol. The van der Waals surface area contributed by atoms with Gasteiger partial charge in [-0.25, -0.2) is 4.79 Å². The molecule has 1 aromatic rings. The summed E-state index contributed by atoms with van der Waals surface area (Å²) in [5, 5.41) is 18.3. The van der Waals surface area contributed by atoms with Gasteiger partial charge in [0, 0.05) is 12.1 Å². The molecule has 0 bridgehead atoms. The number of carbonyl (C=O) groups is 2. The van der Waals surface area contributed by atoms with Crippen LogP contribution in [-0.2, 0) is 4.79 Å². The Labute approximate surface area is 112 Å². The number of hydrogen-bond donors (Lipinski definition) is 2. The number of hydrogen-bond acceptors (Lipinski definition) is 3. The Morgan fingerprint density at radius 3 is 2.37 bits per heavy atom. The third-order valence-corrected chi connectivity index (χ3v) is 2.87. The normalized spacial score (nSPS) is 11.9. The van der Waals surface area contributed by atoms with Crippen LogP contribution in [0.15, 0.2) is 30.3 Å². The van der Waals surface area contributed by atoms with E-state index in [1.807, 2.05) is 6.92 Å². The van der Waals surface area contributed by atoms with Gasteiger partial charge < -0.3 is 15.1 Å². The van der Waals surface area contributed by atoms with Crippen molar-refractivity contribution in [2.75, 3.05) is 13.2 Å². The van der Waals surface area contributed by atoms with Crippen molar-refractivity contribution < 1.29 is 19.8 Å². The van der Waals surface area contributed by atoms with Crippen LogP contribution in [0.3, 0.4) is 0 Å². The lowest BCUT2D eigenvalue weighted by Crippen LogP contribution is -2.47. The molecular weight excluding hydrogens is 246 g/mol. The third-order valence-electron chi connectivity index (χ3n) is 2.87. The SMILES string of the molecule is CCCCN(C(=O)c1ccccc1)C(CO)C(=O)O. The lowest BCUT2D eigenvalue weighted by atomic mass is 10.1. The molecule has 0 fully saturated rings. The molecule has 5 nitrogen and oxygen atoms in total. The minimum atomic E-state index is -1.20. The summed E-state index contributed by atoms with van der Waals surface area (Å²) >= 11 is 0. The summed E-state index contributed by atoms with van der Waals surface area (Å²) in [5.74, 6) is -1.56. The molecule has 0 spiro atoms. The Balaban J connectivity index is 2.96. The molecule has 0 aliphatic carbocycles. The average Bonchev–Trinajstić information content (AvgIpc) is 2.43. The van der Waals surface area contributed by atoms with Gasteiger partial charge in [0.1, 0.15) is 0 Å². The summed E-state index contributed by atoms with van der Waals surface area (Å²) in [6.07, 6.45) is 1.54. The molecule has 0 radical (unpaired) electrons. The largest absolute Gasteiger partial charge is 0.480 e. The van der Waals surface area contributed by atoms with Gasteiger partial charge in [0.25, 0.3) is 5.91 Å². The number of carboxylic acids is 1. The Morgan fingerprint density at radius 2 is 1.89 bits per heavy atom. The van der Waals surface area contributed by atoms with E-state index in [9.17, 15) is 14.7 Å². The molecule has 1 amide bonds. The first-order chi connectivity index (χ1) is 9.11. The van der Waals surface area contributed by atoms with Gasteiger partial charge in [-0.3, -0.25) is 4.79 Å². The van der Waals surface area contributed by atoms with Crippen molar-refractivity contribution in [1.29, 1.82) is 0 Å². The van der Waals surface area contributed by atoms with Gasteiger partial charge in [0.15, 0.2) is 6.04 Å². The van der Waals surface area contributed by atoms with E-state index in [2.05, 4.69) is 0 Å². The van der Waals surface area contributed by atoms with Crippen molar-refractivity contribution in [1.82, 2.24) is 4.90 Å². The molecule has 1 rings (SSSR count). The van der Waals surface area contributed by atoms with Gasteiger partial charge in [-0.05, 0) is 18.6 Å². The fraction of sp³-hybridized carbons (Fsp3) is 0.429. The summed E-state index contributed by atoms with van der Waals surface area (Å²) in [6, 6.07) is 7.31. The molecule has 1 unspecified atom stereocenters. The van der Waals surface area contributed by atoms with Crippen LogP contribution in [0.1, 0.15) is 30.1 Å². The van der Waals surface area contributed by atoms with Crippen LogP contribution < -0.4 is 0 Å². The minimum absolute atomic E-state index is 0.321. The van der Waals surface area contributed by atoms with Gasteiger partial charge >= 0.3 is 5.97 Å². The predicted octanol–water partition coefficient (Wildman–Crippen LogP) is 1.37. The van der Waals surface area contributed by atoms with E-state index < -0.39 is 18.6 Å². The summed E-state index contributed by atoms with van der Waals surface area (Å²) in [4.78, 5) is 24.6. The summed E-state index contributed by atoms with van der Waals surface area (Å²) < 4.78 is 0. The van der Waals surface area contributed by atoms with Crippen LogP contribution in [0, 0.1) is 0 Å². The number of aliphatic hydroxyl groups excluding tert-OH is 1. The van der Waals surface area contributed by atoms with Crippen molar-refractivity contribution in [2.45, 2.75) is 25.8 Å². The second kappa shape index (κ2) is 7.53. The summed E-state index contributed by atoms with van der Waals surface area (Å²) in [7, 11) is 0. The van der Waals surface area contributed by atoms with Crippen LogP contribution in [-0.4, -0.2) is 46.2 Å². The van der Waals surface area contributed by atoms with Crippen molar-refractivity contribution in [3.8, 4) is 0 Å². The highest BCUT2D eigenvalue weighted by Crippen LogP contribution is 2.10. The lowest BCUT2D eigenvalue weighted by Gasteiger charge is -2.27. The Morgan fingerprint density at radius 1 is 1.26 bits per heavy atom. The van der Waals surface area contributed by atoms with Gasteiger partial charge in [-0.2, -0.15) is 0 Å². The molecule has 0 heterocycles. The van der Waals surface area contributed by atoms with Crippen molar-refractivity contribution >= 4 is 11.9 Å². The first kappa shape index (κ1) is 15.2. The van der Waals surface area contributed by atoms with Crippen molar-refractivity contribution in [2.24, 2.45) is 0 Å². The molecule has 1 aromatic carbocycles. The van der Waals surface area contributed by atoms with E-state index in [1.54, 1.807) is 30.3 Å². The second-order valence-corrected chi connectivity index (χ2v) is 4.25. The van der Waals surface area contributed by atoms with E-state index in [4.69, 9.17) is 5.11 Å². The van der Waals surface area contributed by atoms with E-state index in [-0.39, 0.29) is 5.91 Å². The van der Waals surface area contributed by atoms with Gasteiger partial charge in [-0.15, -0.1) is 0 Å². The zero-order valence-corrected chi connectivity index (χ0v) is 11.0. The predicted molar refractivity (Wildman–Crippen MR) is 70.9 cm³/mol. The number of rotatable bonds is 7. The molecule has 5 heteroatoms. The van der Waals surface area contributed by atoms with Gasteiger partial charge in [-0.1, -0.05) is 31.5 Å². The molecule has 0 aliphatic rings. The van der Waals surface area contributed by atoms with E-state index >= 15 is 0 Å². The third kappa shape index (κ3) is 4.06. The number of unbranched alkanes of at least 4 members (excludes halogenated alkanes) is 1. The number of benzene rings is 1. The number of nitrogens with zero attached hydrogens (tertiary/aromatic N) is 1. The quantitative estimate of drug-likeness (QED) is 0.780. The molecule has 0 aromatic heterocycles. The Kier molecular flexibility index (Phi) is 6.02. The van der Waals surface area contributed by atoms with Gasteiger partial charge in [0.2, 0.25) is 0 Å². The van der Waals surface area contributed by atoms with E-state index in [0.717, 1.165) is 6.42 Å². The van der Waals surface area contributed by atoms with Gasteiger partial charge in [0.05, 0.1) is 6.61 Å². The zero-order chi connectivity index (χ0) is 14.3. The topological polar surface area (TPSA) is 77.8 Å². The Bertz CT molecular complexity index is 419. The van der Waals surface area contributed by atoms with Crippen LogP contribution >= 0.6 is 0 Å². The van der Waals surface area contributed by atoms with Crippen LogP contribution in [0.2, 0.25) is 0 Å². The maximum Gasteiger partial charge on any atom is 0.328 e. The number of carbonyl (C=O) groups excluding carboxylic acids is 1. The highest BCUT2D eigenvalue weighted by atomic mass is 16.4. The Hall–Kier alpha value is -1.88. The van der Waals surface area contributed by atoms with E-state index in [1.165, 1.54) is 4.90 Å². The van der Waals surface area contributed by atoms with Crippen LogP contribution in [0.25, 0.3) is 0 Å². The fourth-order valence-electron chi connectivity index (χ4n) is 1.78. The van der Waals surface area contributed by atoms with Crippen LogP contribution in [0.4, 0.5) is 0 Å². The molecule has 2 N–H and O–H groups in total. The van der Waals surface area contributed by atoms with Crippen LogP contribution in [0.5, 0.6) is 0 Å². The fourth-order valence-corrected chi connectivity index (χ4v) is 1.78. The number of carboxylic acid groups (broad SMARTS) is 1. The minimum Gasteiger partial charge on any atom is -0.480 e. The van der Waals surface area contributed by atoms with E-state index in [0.29, 0.717) is 18.5 Å². The second-order valence-electron chi connectivity index (χ2n) is 4.25. The van der Waals surface area contributed by atoms with Crippen molar-refractivity contribution in [3.63, 3.8) is 0 Å². The smallest absolute Gasteiger partial charge is 0.328 e. The summed E-state index contributed by atoms with van der Waals surface area (Å²) in [5.41, 5.74) is 0.429. The molecule has 1 atom stereocenters. The van der Waals surface area contributed by atoms with Crippen molar-refractivity contribution in [3.05, 3.63) is 35.9 Å². The molecule has 0 aliphatic heterocycles. The molecular formula is C14H19NO4. The number of aliphatic hydroxyl groups is 1. The first-order valence-corrected chi connectivity index (χ1v) is 6.31. The highest BCUT2D eigenvalue weighted by molar-refractivity contribution is 5.96. The zero-order valence-electron chi connectivity index (χ0n) is 11.0. The molecule has 19 heavy (non-hydrogen) atoms. The summed E-state index contributed by atoms with van der Waals surface area (Å²) in [6.45, 7) is 1.69. The number of aliphatic carboxylic acids is 1. The molecule has 104 valence electrons. The number of amides is 1. The first-order valence-electron chi connectivity index (χ1n) is 6.31. The maximum atomic E-state index is 12.3. The standard InChI is InChI=1S/C14H19NO4/c1-2-3-9-15(12(10-16)14(18)19)13(17)11-7-5-4-6-8-11/h4-8,12,16H,2-3,9-10H2,1H3,(H,18,19). The lowest BCUT2D eigenvalue weighted by molar-refractivity contribution is -0.143. The maximum absolute atomic E-state index is 12.3. The highest BCUT2D eigenvalue weighted by Gasteiger charge is 2.29. The molecule has 0 saturated heterocycles. The average molecular weight is 265 g/mol. The molecule has 0 saturated carbocycles.